The predicted molar refractivity (Wildman–Crippen MR) is 145 cm³/mol. The summed E-state index contributed by atoms with van der Waals surface area (Å²) < 4.78 is 0. The summed E-state index contributed by atoms with van der Waals surface area (Å²) in [6.45, 7) is 3.93. The summed E-state index contributed by atoms with van der Waals surface area (Å²) >= 11 is 0. The molecule has 200 valence electrons. The molecule has 3 N–H and O–H groups in total. The van der Waals surface area contributed by atoms with Crippen LogP contribution in [0.1, 0.15) is 86.1 Å². The fourth-order valence-electron chi connectivity index (χ4n) is 4.99. The summed E-state index contributed by atoms with van der Waals surface area (Å²) in [7, 11) is -0.118. The number of benzene rings is 1. The number of fused-ring (bicyclic) bond motifs is 3. The second-order valence-corrected chi connectivity index (χ2v) is 10.6. The Morgan fingerprint density at radius 3 is 2.38 bits per heavy atom. The van der Waals surface area contributed by atoms with Gasteiger partial charge in [0.25, 0.3) is 5.91 Å². The first kappa shape index (κ1) is 28.8. The van der Waals surface area contributed by atoms with Gasteiger partial charge in [0, 0.05) is 19.7 Å². The summed E-state index contributed by atoms with van der Waals surface area (Å²) in [5.41, 5.74) is 3.12. The van der Waals surface area contributed by atoms with Gasteiger partial charge in [0.15, 0.2) is 0 Å². The lowest BCUT2D eigenvalue weighted by Crippen LogP contribution is -2.55. The molecule has 37 heavy (non-hydrogen) atoms. The van der Waals surface area contributed by atoms with E-state index in [-0.39, 0.29) is 17.5 Å². The van der Waals surface area contributed by atoms with Crippen LogP contribution in [-0.4, -0.2) is 62.9 Å². The highest BCUT2D eigenvalue weighted by atomic mass is 16.4. The first-order chi connectivity index (χ1) is 17.8. The van der Waals surface area contributed by atoms with Gasteiger partial charge in [-0.25, -0.2) is 4.98 Å². The van der Waals surface area contributed by atoms with Crippen LogP contribution in [0.25, 0.3) is 0 Å². The highest BCUT2D eigenvalue weighted by Crippen LogP contribution is 2.19. The Balaban J connectivity index is 1.94. The summed E-state index contributed by atoms with van der Waals surface area (Å²) in [6, 6.07) is 7.15. The molecule has 0 saturated carbocycles. The number of hydrogen-bond acceptors (Lipinski definition) is 6. The van der Waals surface area contributed by atoms with Gasteiger partial charge in [-0.1, -0.05) is 63.8 Å². The molecule has 1 aliphatic rings. The third-order valence-electron chi connectivity index (χ3n) is 7.09. The van der Waals surface area contributed by atoms with E-state index in [1.165, 1.54) is 29.5 Å². The molecule has 8 nitrogen and oxygen atoms in total. The molecule has 0 spiro atoms. The Morgan fingerprint density at radius 2 is 1.70 bits per heavy atom. The largest absolute Gasteiger partial charge is 0.475 e. The number of nitrogens with one attached hydrogen (secondary N) is 1. The maximum Gasteiger partial charge on any atom is 0.475 e. The van der Waals surface area contributed by atoms with Crippen molar-refractivity contribution in [3.05, 3.63) is 59.2 Å². The van der Waals surface area contributed by atoms with Crippen molar-refractivity contribution in [3.63, 3.8) is 0 Å². The van der Waals surface area contributed by atoms with E-state index in [1.807, 2.05) is 32.0 Å². The summed E-state index contributed by atoms with van der Waals surface area (Å²) in [5, 5.41) is 22.9. The Hall–Kier alpha value is -2.78. The standard InChI is InChI=1S/C28H41BN4O4/c1-20(2)16-26(29(36)37)33(3)28(35)24-17-22-14-11-10-13-21(22)12-8-6-4-5-7-9-15-23-18-30-19-25(31-23)27(34)32-24/h10-11,13-14,18-20,24,26,36-37H,4-9,12,15-17H2,1-3H3,(H,32,34)/t24-,26-/m0/s1. The van der Waals surface area contributed by atoms with E-state index in [1.54, 1.807) is 13.2 Å². The Bertz CT molecular complexity index is 1030. The third kappa shape index (κ3) is 8.64. The minimum Gasteiger partial charge on any atom is -0.426 e. The summed E-state index contributed by atoms with van der Waals surface area (Å²) in [5.74, 6) is -1.47. The number of carbonyl (C=O) groups excluding carboxylic acids is 2. The number of nitrogens with zero attached hydrogens (tertiary/aromatic N) is 3. The van der Waals surface area contributed by atoms with Crippen LogP contribution < -0.4 is 5.32 Å². The molecule has 0 saturated heterocycles. The van der Waals surface area contributed by atoms with Crippen LogP contribution in [0.4, 0.5) is 0 Å². The van der Waals surface area contributed by atoms with Crippen LogP contribution in [0.5, 0.6) is 0 Å². The highest BCUT2D eigenvalue weighted by Gasteiger charge is 2.35. The Labute approximate surface area is 221 Å². The van der Waals surface area contributed by atoms with Crippen molar-refractivity contribution in [1.82, 2.24) is 20.2 Å². The number of likely N-dealkylation sites (N-methyl/N-ethyl adjacent to an activating group) is 1. The van der Waals surface area contributed by atoms with Crippen molar-refractivity contribution >= 4 is 18.9 Å². The molecule has 0 aliphatic carbocycles. The molecule has 3 rings (SSSR count). The van der Waals surface area contributed by atoms with E-state index in [2.05, 4.69) is 21.4 Å². The monoisotopic (exact) mass is 508 g/mol. The zero-order chi connectivity index (χ0) is 26.8. The van der Waals surface area contributed by atoms with E-state index in [9.17, 15) is 19.6 Å². The number of hydrogen-bond donors (Lipinski definition) is 3. The van der Waals surface area contributed by atoms with E-state index < -0.39 is 25.0 Å². The molecule has 2 amide bonds. The second-order valence-electron chi connectivity index (χ2n) is 10.6. The van der Waals surface area contributed by atoms with Crippen LogP contribution >= 0.6 is 0 Å². The van der Waals surface area contributed by atoms with Gasteiger partial charge in [-0.3, -0.25) is 14.6 Å². The first-order valence-corrected chi connectivity index (χ1v) is 13.6. The van der Waals surface area contributed by atoms with Crippen LogP contribution in [0.15, 0.2) is 36.7 Å². The lowest BCUT2D eigenvalue weighted by Gasteiger charge is -2.32. The van der Waals surface area contributed by atoms with E-state index >= 15 is 0 Å². The molecule has 1 aliphatic heterocycles. The number of amides is 2. The van der Waals surface area contributed by atoms with Gasteiger partial charge in [-0.2, -0.15) is 0 Å². The lowest BCUT2D eigenvalue weighted by atomic mass is 9.74. The van der Waals surface area contributed by atoms with Crippen molar-refractivity contribution < 1.29 is 19.6 Å². The molecule has 0 radical (unpaired) electrons. The zero-order valence-corrected chi connectivity index (χ0v) is 22.4. The zero-order valence-electron chi connectivity index (χ0n) is 22.4. The Morgan fingerprint density at radius 1 is 1.05 bits per heavy atom. The van der Waals surface area contributed by atoms with Gasteiger partial charge in [0.05, 0.1) is 17.8 Å². The average Bonchev–Trinajstić information content (AvgIpc) is 2.88. The quantitative estimate of drug-likeness (QED) is 0.535. The van der Waals surface area contributed by atoms with Crippen molar-refractivity contribution in [2.75, 3.05) is 7.05 Å². The van der Waals surface area contributed by atoms with Gasteiger partial charge >= 0.3 is 7.12 Å². The fraction of sp³-hybridized carbons (Fsp3) is 0.571. The van der Waals surface area contributed by atoms with E-state index in [0.717, 1.165) is 49.8 Å². The highest BCUT2D eigenvalue weighted by molar-refractivity contribution is 6.43. The van der Waals surface area contributed by atoms with Crippen molar-refractivity contribution in [1.29, 1.82) is 0 Å². The minimum atomic E-state index is -1.68. The van der Waals surface area contributed by atoms with Crippen molar-refractivity contribution in [2.45, 2.75) is 90.0 Å². The number of rotatable bonds is 5. The molecule has 2 heterocycles. The van der Waals surface area contributed by atoms with E-state index in [4.69, 9.17) is 0 Å². The minimum absolute atomic E-state index is 0.150. The molecule has 1 aromatic carbocycles. The molecular weight excluding hydrogens is 467 g/mol. The van der Waals surface area contributed by atoms with Gasteiger partial charge in [-0.15, -0.1) is 0 Å². The number of aryl methyl sites for hydroxylation is 2. The maximum absolute atomic E-state index is 13.7. The number of aromatic nitrogens is 2. The van der Waals surface area contributed by atoms with Crippen LogP contribution in [0, 0.1) is 5.92 Å². The van der Waals surface area contributed by atoms with Gasteiger partial charge in [-0.05, 0) is 49.1 Å². The molecule has 2 bridgehead atoms. The van der Waals surface area contributed by atoms with E-state index in [0.29, 0.717) is 12.8 Å². The average molecular weight is 508 g/mol. The normalized spacial score (nSPS) is 18.3. The first-order valence-electron chi connectivity index (χ1n) is 13.6. The topological polar surface area (TPSA) is 116 Å². The van der Waals surface area contributed by atoms with Gasteiger partial charge in [0.2, 0.25) is 5.91 Å². The van der Waals surface area contributed by atoms with Gasteiger partial charge in [0.1, 0.15) is 11.7 Å². The molecule has 2 aromatic rings. The molecule has 1 aromatic heterocycles. The SMILES string of the molecule is CC(C)C[C@@H](B(O)O)N(C)C(=O)[C@@H]1Cc2ccccc2CCCCCCCCc2cncc(n2)C(=O)N1. The summed E-state index contributed by atoms with van der Waals surface area (Å²) in [6.07, 6.45) is 12.2. The molecule has 2 atom stereocenters. The van der Waals surface area contributed by atoms with Crippen LogP contribution in [0.2, 0.25) is 0 Å². The smallest absolute Gasteiger partial charge is 0.426 e. The second kappa shape index (κ2) is 14.2. The van der Waals surface area contributed by atoms with Crippen molar-refractivity contribution in [3.8, 4) is 0 Å². The predicted octanol–water partition coefficient (Wildman–Crippen LogP) is 3.14. The molecule has 9 heteroatoms. The van der Waals surface area contributed by atoms with Crippen molar-refractivity contribution in [2.24, 2.45) is 5.92 Å². The molecular formula is C28H41BN4O4. The van der Waals surface area contributed by atoms with Gasteiger partial charge < -0.3 is 20.3 Å². The maximum atomic E-state index is 13.7. The summed E-state index contributed by atoms with van der Waals surface area (Å²) in [4.78, 5) is 37.1. The lowest BCUT2D eigenvalue weighted by molar-refractivity contribution is -0.133. The molecule has 0 fully saturated rings. The van der Waals surface area contributed by atoms with Crippen LogP contribution in [0.3, 0.4) is 0 Å². The molecule has 0 unspecified atom stereocenters. The third-order valence-corrected chi connectivity index (χ3v) is 7.09. The Kier molecular flexibility index (Phi) is 11.1. The number of carbonyl (C=O) groups is 2. The fourth-order valence-corrected chi connectivity index (χ4v) is 4.99. The van der Waals surface area contributed by atoms with Crippen LogP contribution in [-0.2, 0) is 24.1 Å².